The van der Waals surface area contributed by atoms with Crippen LogP contribution in [0.25, 0.3) is 0 Å². The minimum absolute atomic E-state index is 0.573. The maximum absolute atomic E-state index is 9.95. The standard InChI is InChI=1S/C4H7NO4/c1-3(6)8-5-9-4(2)7/h5H,1-2H3. The van der Waals surface area contributed by atoms with Crippen molar-refractivity contribution in [2.24, 2.45) is 0 Å². The topological polar surface area (TPSA) is 64.6 Å². The highest BCUT2D eigenvalue weighted by Crippen LogP contribution is 1.71. The number of carbonyl (C=O) groups is 2. The van der Waals surface area contributed by atoms with Crippen LogP contribution in [0.4, 0.5) is 0 Å². The van der Waals surface area contributed by atoms with Crippen molar-refractivity contribution in [1.29, 1.82) is 0 Å². The van der Waals surface area contributed by atoms with Crippen molar-refractivity contribution in [2.45, 2.75) is 13.8 Å². The second-order valence-corrected chi connectivity index (χ2v) is 1.27. The van der Waals surface area contributed by atoms with Gasteiger partial charge >= 0.3 is 11.9 Å². The zero-order valence-electron chi connectivity index (χ0n) is 5.13. The molecule has 5 heteroatoms. The van der Waals surface area contributed by atoms with Crippen molar-refractivity contribution < 1.29 is 19.3 Å². The molecule has 0 saturated heterocycles. The van der Waals surface area contributed by atoms with Crippen LogP contribution in [-0.4, -0.2) is 11.9 Å². The summed E-state index contributed by atoms with van der Waals surface area (Å²) in [5.74, 6) is -1.15. The van der Waals surface area contributed by atoms with E-state index >= 15 is 0 Å². The lowest BCUT2D eigenvalue weighted by atomic mass is 10.8. The summed E-state index contributed by atoms with van der Waals surface area (Å²) in [6.07, 6.45) is 0. The molecule has 0 aliphatic carbocycles. The molecule has 0 spiro atoms. The molecule has 0 aliphatic rings. The first kappa shape index (κ1) is 7.90. The molecule has 5 nitrogen and oxygen atoms in total. The van der Waals surface area contributed by atoms with Gasteiger partial charge in [0.15, 0.2) is 0 Å². The molecule has 0 aliphatic heterocycles. The first-order valence-corrected chi connectivity index (χ1v) is 2.22. The van der Waals surface area contributed by atoms with E-state index < -0.39 is 11.9 Å². The molecular formula is C4H7NO4. The third kappa shape index (κ3) is 6.90. The zero-order chi connectivity index (χ0) is 7.28. The van der Waals surface area contributed by atoms with E-state index in [-0.39, 0.29) is 0 Å². The number of rotatable bonds is 2. The summed E-state index contributed by atoms with van der Waals surface area (Å²) in [5.41, 5.74) is 1.69. The molecule has 0 aromatic heterocycles. The summed E-state index contributed by atoms with van der Waals surface area (Å²) in [4.78, 5) is 27.9. The van der Waals surface area contributed by atoms with Crippen LogP contribution in [0.3, 0.4) is 0 Å². The Morgan fingerprint density at radius 3 is 1.67 bits per heavy atom. The lowest BCUT2D eigenvalue weighted by Crippen LogP contribution is -2.20. The molecule has 0 bridgehead atoms. The van der Waals surface area contributed by atoms with Crippen LogP contribution >= 0.6 is 0 Å². The smallest absolute Gasteiger partial charge is 0.325 e. The van der Waals surface area contributed by atoms with Crippen LogP contribution in [0.15, 0.2) is 0 Å². The van der Waals surface area contributed by atoms with E-state index in [0.29, 0.717) is 0 Å². The number of hydrogen-bond donors (Lipinski definition) is 1. The molecule has 0 amide bonds. The Balaban J connectivity index is 3.10. The summed E-state index contributed by atoms with van der Waals surface area (Å²) in [7, 11) is 0. The summed E-state index contributed by atoms with van der Waals surface area (Å²) < 4.78 is 0. The van der Waals surface area contributed by atoms with Gasteiger partial charge in [0.05, 0.1) is 0 Å². The summed E-state index contributed by atoms with van der Waals surface area (Å²) in [5, 5.41) is 0. The fraction of sp³-hybridized carbons (Fsp3) is 0.500. The first-order valence-electron chi connectivity index (χ1n) is 2.22. The molecule has 0 rings (SSSR count). The zero-order valence-corrected chi connectivity index (χ0v) is 5.13. The van der Waals surface area contributed by atoms with Gasteiger partial charge in [-0.1, -0.05) is 0 Å². The van der Waals surface area contributed by atoms with E-state index in [0.717, 1.165) is 0 Å². The van der Waals surface area contributed by atoms with E-state index in [1.807, 2.05) is 0 Å². The summed E-state index contributed by atoms with van der Waals surface area (Å²) >= 11 is 0. The fourth-order valence-corrected chi connectivity index (χ4v) is 0.138. The van der Waals surface area contributed by atoms with Gasteiger partial charge in [-0.3, -0.25) is 9.59 Å². The summed E-state index contributed by atoms with van der Waals surface area (Å²) in [6, 6.07) is 0. The Bertz CT molecular complexity index is 108. The summed E-state index contributed by atoms with van der Waals surface area (Å²) in [6.45, 7) is 2.35. The Morgan fingerprint density at radius 1 is 1.11 bits per heavy atom. The molecular weight excluding hydrogens is 126 g/mol. The molecule has 0 fully saturated rings. The molecule has 0 saturated carbocycles. The molecule has 0 atom stereocenters. The number of hydrogen-bond acceptors (Lipinski definition) is 5. The van der Waals surface area contributed by atoms with Crippen molar-refractivity contribution in [3.63, 3.8) is 0 Å². The van der Waals surface area contributed by atoms with Gasteiger partial charge in [-0.2, -0.15) is 0 Å². The van der Waals surface area contributed by atoms with Crippen LogP contribution in [0, 0.1) is 0 Å². The molecule has 1 N–H and O–H groups in total. The van der Waals surface area contributed by atoms with Gasteiger partial charge in [-0.05, 0) is 0 Å². The number of nitrogens with one attached hydrogen (secondary N) is 1. The molecule has 0 heterocycles. The van der Waals surface area contributed by atoms with Gasteiger partial charge in [0, 0.05) is 19.5 Å². The lowest BCUT2D eigenvalue weighted by Gasteiger charge is -1.98. The highest BCUT2D eigenvalue weighted by Gasteiger charge is 1.92. The van der Waals surface area contributed by atoms with Crippen molar-refractivity contribution in [2.75, 3.05) is 0 Å². The lowest BCUT2D eigenvalue weighted by molar-refractivity contribution is -0.195. The molecule has 0 aromatic rings. The van der Waals surface area contributed by atoms with E-state index in [1.54, 1.807) is 5.64 Å². The van der Waals surface area contributed by atoms with Gasteiger partial charge in [0.2, 0.25) is 0 Å². The van der Waals surface area contributed by atoms with Gasteiger partial charge in [-0.25, -0.2) is 0 Å². The van der Waals surface area contributed by atoms with Crippen molar-refractivity contribution in [3.8, 4) is 0 Å². The van der Waals surface area contributed by atoms with Gasteiger partial charge < -0.3 is 9.68 Å². The largest absolute Gasteiger partial charge is 0.336 e. The second kappa shape index (κ2) is 3.85. The fourth-order valence-electron chi connectivity index (χ4n) is 0.138. The van der Waals surface area contributed by atoms with E-state index in [1.165, 1.54) is 13.8 Å². The Hall–Kier alpha value is -1.10. The van der Waals surface area contributed by atoms with Gasteiger partial charge in [0.1, 0.15) is 0 Å². The van der Waals surface area contributed by atoms with Crippen LogP contribution < -0.4 is 5.64 Å². The molecule has 0 unspecified atom stereocenters. The average Bonchev–Trinajstić information content (AvgIpc) is 1.63. The number of carbonyl (C=O) groups excluding carboxylic acids is 2. The highest BCUT2D eigenvalue weighted by molar-refractivity contribution is 5.66. The van der Waals surface area contributed by atoms with Gasteiger partial charge in [0.25, 0.3) is 0 Å². The molecule has 0 radical (unpaired) electrons. The van der Waals surface area contributed by atoms with Crippen LogP contribution in [0.5, 0.6) is 0 Å². The first-order chi connectivity index (χ1) is 4.13. The van der Waals surface area contributed by atoms with Gasteiger partial charge in [-0.15, -0.1) is 0 Å². The van der Waals surface area contributed by atoms with Crippen LogP contribution in [0.1, 0.15) is 13.8 Å². The maximum Gasteiger partial charge on any atom is 0.325 e. The predicted molar refractivity (Wildman–Crippen MR) is 26.7 cm³/mol. The Kier molecular flexibility index (Phi) is 3.38. The molecule has 52 valence electrons. The SMILES string of the molecule is CC(=O)ONOC(C)=O. The van der Waals surface area contributed by atoms with E-state index in [9.17, 15) is 9.59 Å². The third-order valence-corrected chi connectivity index (χ3v) is 0.371. The van der Waals surface area contributed by atoms with Crippen LogP contribution in [-0.2, 0) is 19.3 Å². The maximum atomic E-state index is 9.95. The monoisotopic (exact) mass is 133 g/mol. The van der Waals surface area contributed by atoms with Crippen molar-refractivity contribution in [3.05, 3.63) is 0 Å². The average molecular weight is 133 g/mol. The highest BCUT2D eigenvalue weighted by atomic mass is 16.9. The predicted octanol–water partition coefficient (Wildman–Crippen LogP) is -0.468. The molecule has 9 heavy (non-hydrogen) atoms. The normalized spacial score (nSPS) is 8.22. The van der Waals surface area contributed by atoms with Crippen molar-refractivity contribution in [1.82, 2.24) is 5.64 Å². The minimum atomic E-state index is -0.573. The van der Waals surface area contributed by atoms with E-state index in [4.69, 9.17) is 0 Å². The second-order valence-electron chi connectivity index (χ2n) is 1.27. The third-order valence-electron chi connectivity index (χ3n) is 0.371. The quantitative estimate of drug-likeness (QED) is 0.516. The minimum Gasteiger partial charge on any atom is -0.336 e. The van der Waals surface area contributed by atoms with Crippen LogP contribution in [0.2, 0.25) is 0 Å². The Morgan fingerprint density at radius 2 is 1.44 bits per heavy atom. The Labute approximate surface area is 51.8 Å². The van der Waals surface area contributed by atoms with Crippen molar-refractivity contribution >= 4 is 11.9 Å². The molecule has 0 aromatic carbocycles. The van der Waals surface area contributed by atoms with E-state index in [2.05, 4.69) is 9.68 Å².